The average Bonchev–Trinajstić information content (AvgIpc) is 2.63. The summed E-state index contributed by atoms with van der Waals surface area (Å²) in [5.74, 6) is 0.0288. The molecule has 0 spiro atoms. The van der Waals surface area contributed by atoms with Gasteiger partial charge in [-0.3, -0.25) is 4.79 Å². The topological polar surface area (TPSA) is 36.8 Å². The molecule has 1 amide bonds. The van der Waals surface area contributed by atoms with Crippen LogP contribution in [0, 0.1) is 0 Å². The number of hydrogen-bond donors (Lipinski definition) is 2. The lowest BCUT2D eigenvalue weighted by atomic mass is 10.2. The molecule has 1 fully saturated rings. The number of nitrogens with zero attached hydrogens (tertiary/aromatic N) is 1. The van der Waals surface area contributed by atoms with E-state index in [9.17, 15) is 4.79 Å². The zero-order valence-corrected chi connectivity index (χ0v) is 14.4. The van der Waals surface area contributed by atoms with Crippen LogP contribution in [0.3, 0.4) is 0 Å². The minimum Gasteiger partial charge on any atom is -0.360 e. The quantitative estimate of drug-likeness (QED) is 0.871. The van der Waals surface area contributed by atoms with Crippen LogP contribution in [-0.2, 0) is 4.79 Å². The van der Waals surface area contributed by atoms with Crippen molar-refractivity contribution in [2.24, 2.45) is 0 Å². The third-order valence-corrected chi connectivity index (χ3v) is 4.78. The second-order valence-corrected chi connectivity index (χ2v) is 6.51. The molecule has 0 saturated carbocycles. The zero-order chi connectivity index (χ0) is 16.8. The summed E-state index contributed by atoms with van der Waals surface area (Å²) in [5.41, 5.74) is 1.97. The summed E-state index contributed by atoms with van der Waals surface area (Å²) in [6.07, 6.45) is 0.520. The Kier molecular flexibility index (Phi) is 5.72. The first-order chi connectivity index (χ1) is 11.7. The molecule has 2 aromatic rings. The number of halogens is 1. The Morgan fingerprint density at radius 3 is 2.42 bits per heavy atom. The van der Waals surface area contributed by atoms with E-state index in [4.69, 9.17) is 11.6 Å². The van der Waals surface area contributed by atoms with E-state index in [-0.39, 0.29) is 5.91 Å². The van der Waals surface area contributed by atoms with Gasteiger partial charge in [-0.25, -0.2) is 0 Å². The van der Waals surface area contributed by atoms with Gasteiger partial charge in [0.1, 0.15) is 0 Å². The fourth-order valence-electron chi connectivity index (χ4n) is 3.04. The molecule has 0 radical (unpaired) electrons. The largest absolute Gasteiger partial charge is 0.360 e. The van der Waals surface area contributed by atoms with Gasteiger partial charge in [0.05, 0.1) is 49.9 Å². The molecule has 126 valence electrons. The van der Waals surface area contributed by atoms with E-state index < -0.39 is 0 Å². The molecule has 0 unspecified atom stereocenters. The molecule has 2 N–H and O–H groups in total. The Labute approximate surface area is 148 Å². The van der Waals surface area contributed by atoms with Crippen molar-refractivity contribution in [3.8, 4) is 0 Å². The molecule has 1 aliphatic heterocycles. The molecule has 3 rings (SSSR count). The fourth-order valence-corrected chi connectivity index (χ4v) is 3.22. The van der Waals surface area contributed by atoms with Gasteiger partial charge in [0, 0.05) is 5.69 Å². The van der Waals surface area contributed by atoms with Crippen LogP contribution in [0.4, 0.5) is 11.4 Å². The van der Waals surface area contributed by atoms with Gasteiger partial charge in [-0.15, -0.1) is 0 Å². The van der Waals surface area contributed by atoms with Crippen molar-refractivity contribution in [2.75, 3.05) is 42.9 Å². The SMILES string of the molecule is O=C(CC[NH+]1CCN(c2ccccc2)CC1)Nc1ccccc1Cl. The molecular formula is C19H23ClN3O+. The normalized spacial score (nSPS) is 15.3. The number of anilines is 2. The molecule has 0 aliphatic carbocycles. The fraction of sp³-hybridized carbons (Fsp3) is 0.316. The molecule has 0 aromatic heterocycles. The van der Waals surface area contributed by atoms with E-state index in [0.717, 1.165) is 32.7 Å². The molecule has 1 heterocycles. The number of para-hydroxylation sites is 2. The van der Waals surface area contributed by atoms with Crippen molar-refractivity contribution >= 4 is 28.9 Å². The third-order valence-electron chi connectivity index (χ3n) is 4.45. The summed E-state index contributed by atoms with van der Waals surface area (Å²) >= 11 is 6.07. The van der Waals surface area contributed by atoms with Crippen LogP contribution in [-0.4, -0.2) is 38.6 Å². The maximum atomic E-state index is 12.1. The van der Waals surface area contributed by atoms with Crippen molar-refractivity contribution in [3.63, 3.8) is 0 Å². The lowest BCUT2D eigenvalue weighted by Crippen LogP contribution is -3.15. The van der Waals surface area contributed by atoms with Crippen molar-refractivity contribution in [2.45, 2.75) is 6.42 Å². The summed E-state index contributed by atoms with van der Waals surface area (Å²) in [4.78, 5) is 16.0. The van der Waals surface area contributed by atoms with Crippen molar-refractivity contribution in [1.82, 2.24) is 0 Å². The van der Waals surface area contributed by atoms with Gasteiger partial charge in [-0.1, -0.05) is 41.9 Å². The maximum Gasteiger partial charge on any atom is 0.230 e. The van der Waals surface area contributed by atoms with Crippen molar-refractivity contribution in [3.05, 3.63) is 59.6 Å². The number of nitrogens with one attached hydrogen (secondary N) is 2. The van der Waals surface area contributed by atoms with Crippen LogP contribution in [0.5, 0.6) is 0 Å². The number of quaternary nitrogens is 1. The van der Waals surface area contributed by atoms with Crippen LogP contribution in [0.15, 0.2) is 54.6 Å². The van der Waals surface area contributed by atoms with E-state index >= 15 is 0 Å². The number of benzene rings is 2. The standard InChI is InChI=1S/C19H22ClN3O/c20-17-8-4-5-9-18(17)21-19(24)10-11-22-12-14-23(15-13-22)16-6-2-1-3-7-16/h1-9H,10-15H2,(H,21,24)/p+1. The molecule has 0 atom stereocenters. The van der Waals surface area contributed by atoms with Gasteiger partial charge in [0.15, 0.2) is 0 Å². The van der Waals surface area contributed by atoms with Crippen LogP contribution < -0.4 is 15.1 Å². The molecule has 24 heavy (non-hydrogen) atoms. The molecule has 0 bridgehead atoms. The zero-order valence-electron chi connectivity index (χ0n) is 13.7. The average molecular weight is 345 g/mol. The first-order valence-corrected chi connectivity index (χ1v) is 8.78. The van der Waals surface area contributed by atoms with Crippen LogP contribution in [0.2, 0.25) is 5.02 Å². The van der Waals surface area contributed by atoms with E-state index in [0.29, 0.717) is 17.1 Å². The van der Waals surface area contributed by atoms with Crippen molar-refractivity contribution in [1.29, 1.82) is 0 Å². The van der Waals surface area contributed by atoms with Crippen LogP contribution >= 0.6 is 11.6 Å². The van der Waals surface area contributed by atoms with Gasteiger partial charge in [0.25, 0.3) is 0 Å². The monoisotopic (exact) mass is 344 g/mol. The summed E-state index contributed by atoms with van der Waals surface area (Å²) in [6.45, 7) is 5.05. The maximum absolute atomic E-state index is 12.1. The predicted molar refractivity (Wildman–Crippen MR) is 98.9 cm³/mol. The first-order valence-electron chi connectivity index (χ1n) is 8.40. The highest BCUT2D eigenvalue weighted by molar-refractivity contribution is 6.33. The molecule has 1 saturated heterocycles. The molecule has 4 nitrogen and oxygen atoms in total. The smallest absolute Gasteiger partial charge is 0.230 e. The van der Waals surface area contributed by atoms with Gasteiger partial charge in [-0.2, -0.15) is 0 Å². The van der Waals surface area contributed by atoms with E-state index in [1.807, 2.05) is 24.3 Å². The highest BCUT2D eigenvalue weighted by Crippen LogP contribution is 2.20. The Balaban J connectivity index is 1.42. The highest BCUT2D eigenvalue weighted by Gasteiger charge is 2.20. The number of piperazine rings is 1. The third kappa shape index (κ3) is 4.49. The number of carbonyl (C=O) groups is 1. The number of amides is 1. The van der Waals surface area contributed by atoms with Gasteiger partial charge >= 0.3 is 0 Å². The van der Waals surface area contributed by atoms with Gasteiger partial charge in [0.2, 0.25) is 5.91 Å². The predicted octanol–water partition coefficient (Wildman–Crippen LogP) is 2.07. The van der Waals surface area contributed by atoms with Crippen LogP contribution in [0.25, 0.3) is 0 Å². The van der Waals surface area contributed by atoms with Crippen molar-refractivity contribution < 1.29 is 9.69 Å². The number of hydrogen-bond acceptors (Lipinski definition) is 2. The minimum atomic E-state index is 0.0288. The molecular weight excluding hydrogens is 322 g/mol. The Morgan fingerprint density at radius 2 is 1.71 bits per heavy atom. The van der Waals surface area contributed by atoms with Gasteiger partial charge < -0.3 is 15.1 Å². The van der Waals surface area contributed by atoms with E-state index in [2.05, 4.69) is 34.5 Å². The summed E-state index contributed by atoms with van der Waals surface area (Å²) in [5, 5.41) is 3.47. The Hall–Kier alpha value is -2.04. The second kappa shape index (κ2) is 8.18. The Bertz CT molecular complexity index is 669. The minimum absolute atomic E-state index is 0.0288. The molecule has 2 aromatic carbocycles. The Morgan fingerprint density at radius 1 is 1.04 bits per heavy atom. The lowest BCUT2D eigenvalue weighted by Gasteiger charge is -2.33. The number of rotatable bonds is 5. The summed E-state index contributed by atoms with van der Waals surface area (Å²) in [7, 11) is 0. The molecule has 1 aliphatic rings. The van der Waals surface area contributed by atoms with E-state index in [1.54, 1.807) is 6.07 Å². The molecule has 5 heteroatoms. The van der Waals surface area contributed by atoms with Crippen LogP contribution in [0.1, 0.15) is 6.42 Å². The summed E-state index contributed by atoms with van der Waals surface area (Å²) < 4.78 is 0. The van der Waals surface area contributed by atoms with Gasteiger partial charge in [-0.05, 0) is 24.3 Å². The second-order valence-electron chi connectivity index (χ2n) is 6.10. The highest BCUT2D eigenvalue weighted by atomic mass is 35.5. The number of carbonyl (C=O) groups excluding carboxylic acids is 1. The summed E-state index contributed by atoms with van der Waals surface area (Å²) in [6, 6.07) is 17.8. The lowest BCUT2D eigenvalue weighted by molar-refractivity contribution is -0.900. The first kappa shape index (κ1) is 16.8. The van der Waals surface area contributed by atoms with E-state index in [1.165, 1.54) is 10.6 Å².